The summed E-state index contributed by atoms with van der Waals surface area (Å²) in [5, 5.41) is 4.79. The molecule has 0 saturated heterocycles. The van der Waals surface area contributed by atoms with Crippen LogP contribution in [-0.4, -0.2) is 32.2 Å². The van der Waals surface area contributed by atoms with Gasteiger partial charge in [0, 0.05) is 18.7 Å². The van der Waals surface area contributed by atoms with E-state index in [0.717, 1.165) is 24.3 Å². The number of ether oxygens (including phenoxy) is 1. The Labute approximate surface area is 113 Å². The number of nitrogens with one attached hydrogen (secondary N) is 2. The van der Waals surface area contributed by atoms with E-state index in [4.69, 9.17) is 0 Å². The largest absolute Gasteiger partial charge is 0.453 e. The molecule has 0 heterocycles. The molecular weight excluding hydrogens is 277 g/mol. The molecule has 0 aromatic heterocycles. The number of alkyl halides is 3. The van der Waals surface area contributed by atoms with Crippen molar-refractivity contribution in [1.82, 2.24) is 10.6 Å². The standard InChI is InChI=1S/C12H13F3N2O3/c1-20-11(19)17-7-6-16-10(18)8-2-4-9(5-3-8)12(13,14)15/h2-5H,6-7H2,1H3,(H,16,18)(H,17,19). The Balaban J connectivity index is 2.46. The van der Waals surface area contributed by atoms with Gasteiger partial charge in [0.25, 0.3) is 5.91 Å². The van der Waals surface area contributed by atoms with Crippen LogP contribution in [0.25, 0.3) is 0 Å². The van der Waals surface area contributed by atoms with E-state index in [2.05, 4.69) is 15.4 Å². The first-order chi connectivity index (χ1) is 9.34. The van der Waals surface area contributed by atoms with Crippen molar-refractivity contribution in [3.05, 3.63) is 35.4 Å². The Kier molecular flexibility index (Phi) is 5.36. The molecule has 0 spiro atoms. The Hall–Kier alpha value is -2.25. The van der Waals surface area contributed by atoms with Crippen molar-refractivity contribution in [1.29, 1.82) is 0 Å². The number of halogens is 3. The molecule has 0 saturated carbocycles. The highest BCUT2D eigenvalue weighted by Crippen LogP contribution is 2.28. The highest BCUT2D eigenvalue weighted by atomic mass is 19.4. The van der Waals surface area contributed by atoms with Crippen molar-refractivity contribution >= 4 is 12.0 Å². The zero-order valence-corrected chi connectivity index (χ0v) is 10.6. The molecule has 110 valence electrons. The van der Waals surface area contributed by atoms with Gasteiger partial charge in [-0.05, 0) is 24.3 Å². The van der Waals surface area contributed by atoms with E-state index in [1.165, 1.54) is 7.11 Å². The number of rotatable bonds is 4. The molecule has 0 aliphatic heterocycles. The van der Waals surface area contributed by atoms with Crippen LogP contribution in [0.2, 0.25) is 0 Å². The van der Waals surface area contributed by atoms with Gasteiger partial charge in [-0.3, -0.25) is 4.79 Å². The lowest BCUT2D eigenvalue weighted by atomic mass is 10.1. The maximum atomic E-state index is 12.3. The number of benzene rings is 1. The highest BCUT2D eigenvalue weighted by molar-refractivity contribution is 5.94. The maximum Gasteiger partial charge on any atom is 0.416 e. The maximum absolute atomic E-state index is 12.3. The normalized spacial score (nSPS) is 10.8. The average Bonchev–Trinajstić information content (AvgIpc) is 2.42. The van der Waals surface area contributed by atoms with Gasteiger partial charge in [-0.2, -0.15) is 13.2 Å². The fourth-order valence-corrected chi connectivity index (χ4v) is 1.33. The lowest BCUT2D eigenvalue weighted by Gasteiger charge is -2.08. The third-order valence-corrected chi connectivity index (χ3v) is 2.34. The number of carbonyl (C=O) groups excluding carboxylic acids is 2. The van der Waals surface area contributed by atoms with Gasteiger partial charge in [0.2, 0.25) is 0 Å². The van der Waals surface area contributed by atoms with E-state index in [0.29, 0.717) is 0 Å². The van der Waals surface area contributed by atoms with Crippen LogP contribution in [0.5, 0.6) is 0 Å². The Morgan fingerprint density at radius 2 is 1.65 bits per heavy atom. The molecule has 2 amide bonds. The van der Waals surface area contributed by atoms with Gasteiger partial charge in [0.1, 0.15) is 0 Å². The molecule has 0 bridgehead atoms. The number of hydrogen-bond donors (Lipinski definition) is 2. The summed E-state index contributed by atoms with van der Waals surface area (Å²) in [5.41, 5.74) is -0.711. The van der Waals surface area contributed by atoms with Crippen LogP contribution < -0.4 is 10.6 Å². The quantitative estimate of drug-likeness (QED) is 0.831. The topological polar surface area (TPSA) is 67.4 Å². The van der Waals surface area contributed by atoms with Gasteiger partial charge in [0.05, 0.1) is 12.7 Å². The Morgan fingerprint density at radius 1 is 1.10 bits per heavy atom. The fraction of sp³-hybridized carbons (Fsp3) is 0.333. The van der Waals surface area contributed by atoms with Gasteiger partial charge < -0.3 is 15.4 Å². The summed E-state index contributed by atoms with van der Waals surface area (Å²) in [6.07, 6.45) is -5.06. The second-order valence-corrected chi connectivity index (χ2v) is 3.75. The smallest absolute Gasteiger partial charge is 0.416 e. The molecule has 1 aromatic rings. The minimum absolute atomic E-state index is 0.107. The summed E-state index contributed by atoms with van der Waals surface area (Å²) in [4.78, 5) is 22.3. The SMILES string of the molecule is COC(=O)NCCNC(=O)c1ccc(C(F)(F)F)cc1. The molecular formula is C12H13F3N2O3. The van der Waals surface area contributed by atoms with Crippen LogP contribution in [0.3, 0.4) is 0 Å². The second-order valence-electron chi connectivity index (χ2n) is 3.75. The molecule has 20 heavy (non-hydrogen) atoms. The monoisotopic (exact) mass is 290 g/mol. The number of alkyl carbamates (subject to hydrolysis) is 1. The first-order valence-electron chi connectivity index (χ1n) is 5.62. The van der Waals surface area contributed by atoms with Crippen LogP contribution in [0.15, 0.2) is 24.3 Å². The van der Waals surface area contributed by atoms with Crippen LogP contribution in [-0.2, 0) is 10.9 Å². The number of methoxy groups -OCH3 is 1. The second kappa shape index (κ2) is 6.78. The first-order valence-corrected chi connectivity index (χ1v) is 5.62. The molecule has 1 rings (SSSR count). The molecule has 8 heteroatoms. The zero-order valence-electron chi connectivity index (χ0n) is 10.6. The Bertz CT molecular complexity index is 472. The zero-order chi connectivity index (χ0) is 15.2. The highest BCUT2D eigenvalue weighted by Gasteiger charge is 2.30. The van der Waals surface area contributed by atoms with E-state index < -0.39 is 23.7 Å². The van der Waals surface area contributed by atoms with Crippen molar-refractivity contribution in [2.75, 3.05) is 20.2 Å². The molecule has 0 fully saturated rings. The molecule has 0 aliphatic rings. The number of amides is 2. The van der Waals surface area contributed by atoms with E-state index >= 15 is 0 Å². The van der Waals surface area contributed by atoms with Crippen molar-refractivity contribution in [3.8, 4) is 0 Å². The van der Waals surface area contributed by atoms with Gasteiger partial charge in [0.15, 0.2) is 0 Å². The summed E-state index contributed by atoms with van der Waals surface area (Å²) in [7, 11) is 1.20. The van der Waals surface area contributed by atoms with Gasteiger partial charge in [-0.15, -0.1) is 0 Å². The minimum atomic E-state index is -4.43. The van der Waals surface area contributed by atoms with Gasteiger partial charge >= 0.3 is 12.3 Å². The van der Waals surface area contributed by atoms with E-state index in [1.807, 2.05) is 0 Å². The number of hydrogen-bond acceptors (Lipinski definition) is 3. The molecule has 0 atom stereocenters. The number of carbonyl (C=O) groups is 2. The predicted octanol–water partition coefficient (Wildman–Crippen LogP) is 1.79. The third kappa shape index (κ3) is 4.79. The lowest BCUT2D eigenvalue weighted by Crippen LogP contribution is -2.34. The van der Waals surface area contributed by atoms with Gasteiger partial charge in [-0.1, -0.05) is 0 Å². The summed E-state index contributed by atoms with van der Waals surface area (Å²) >= 11 is 0. The van der Waals surface area contributed by atoms with Crippen LogP contribution in [0, 0.1) is 0 Å². The average molecular weight is 290 g/mol. The van der Waals surface area contributed by atoms with E-state index in [9.17, 15) is 22.8 Å². The molecule has 5 nitrogen and oxygen atoms in total. The molecule has 0 aliphatic carbocycles. The van der Waals surface area contributed by atoms with Crippen molar-refractivity contribution < 1.29 is 27.5 Å². The minimum Gasteiger partial charge on any atom is -0.453 e. The van der Waals surface area contributed by atoms with E-state index in [1.54, 1.807) is 0 Å². The lowest BCUT2D eigenvalue weighted by molar-refractivity contribution is -0.137. The summed E-state index contributed by atoms with van der Waals surface area (Å²) in [6.45, 7) is 0.286. The van der Waals surface area contributed by atoms with Crippen LogP contribution in [0.1, 0.15) is 15.9 Å². The first kappa shape index (κ1) is 15.8. The fourth-order valence-electron chi connectivity index (χ4n) is 1.33. The molecule has 1 aromatic carbocycles. The van der Waals surface area contributed by atoms with Crippen molar-refractivity contribution in [3.63, 3.8) is 0 Å². The molecule has 2 N–H and O–H groups in total. The van der Waals surface area contributed by atoms with Crippen LogP contribution >= 0.6 is 0 Å². The Morgan fingerprint density at radius 3 is 2.15 bits per heavy atom. The van der Waals surface area contributed by atoms with Crippen molar-refractivity contribution in [2.45, 2.75) is 6.18 Å². The summed E-state index contributed by atoms with van der Waals surface area (Å²) in [5.74, 6) is -0.523. The van der Waals surface area contributed by atoms with Crippen molar-refractivity contribution in [2.24, 2.45) is 0 Å². The summed E-state index contributed by atoms with van der Waals surface area (Å²) in [6, 6.07) is 3.85. The van der Waals surface area contributed by atoms with Crippen LogP contribution in [0.4, 0.5) is 18.0 Å². The third-order valence-electron chi connectivity index (χ3n) is 2.34. The summed E-state index contributed by atoms with van der Waals surface area (Å²) < 4.78 is 41.3. The molecule has 0 unspecified atom stereocenters. The molecule has 0 radical (unpaired) electrons. The van der Waals surface area contributed by atoms with E-state index in [-0.39, 0.29) is 18.7 Å². The predicted molar refractivity (Wildman–Crippen MR) is 64.2 cm³/mol. The van der Waals surface area contributed by atoms with Gasteiger partial charge in [-0.25, -0.2) is 4.79 Å².